The van der Waals surface area contributed by atoms with Crippen LogP contribution in [0.2, 0.25) is 0 Å². The van der Waals surface area contributed by atoms with Gasteiger partial charge in [-0.05, 0) is 25.9 Å². The molecule has 0 aliphatic carbocycles. The average Bonchev–Trinajstić information content (AvgIpc) is 2.76. The summed E-state index contributed by atoms with van der Waals surface area (Å²) in [5.41, 5.74) is 0. The average molecular weight is 254 g/mol. The van der Waals surface area contributed by atoms with Crippen molar-refractivity contribution in [2.45, 2.75) is 38.6 Å². The first kappa shape index (κ1) is 12.5. The number of aliphatic carboxylic acids is 1. The fourth-order valence-electron chi connectivity index (χ4n) is 2.36. The minimum absolute atomic E-state index is 0.0938. The Morgan fingerprint density at radius 1 is 1.65 bits per heavy atom. The van der Waals surface area contributed by atoms with Gasteiger partial charge in [-0.2, -0.15) is 0 Å². The summed E-state index contributed by atoms with van der Waals surface area (Å²) in [4.78, 5) is 18.3. The molecule has 0 radical (unpaired) electrons. The van der Waals surface area contributed by atoms with Crippen LogP contribution in [0.4, 0.5) is 0 Å². The maximum Gasteiger partial charge on any atom is 0.308 e. The second kappa shape index (κ2) is 5.60. The highest BCUT2D eigenvalue weighted by Crippen LogP contribution is 2.33. The van der Waals surface area contributed by atoms with Gasteiger partial charge in [-0.25, -0.2) is 4.98 Å². The van der Waals surface area contributed by atoms with Gasteiger partial charge in [-0.1, -0.05) is 13.3 Å². The molecule has 0 amide bonds. The van der Waals surface area contributed by atoms with Gasteiger partial charge in [0.2, 0.25) is 0 Å². The largest absolute Gasteiger partial charge is 0.481 e. The van der Waals surface area contributed by atoms with Crippen LogP contribution in [0.25, 0.3) is 0 Å². The first-order valence-corrected chi connectivity index (χ1v) is 6.92. The zero-order chi connectivity index (χ0) is 12.3. The molecule has 1 aliphatic heterocycles. The lowest BCUT2D eigenvalue weighted by molar-refractivity contribution is -0.136. The number of nitrogens with zero attached hydrogens (tertiary/aromatic N) is 2. The van der Waals surface area contributed by atoms with E-state index in [4.69, 9.17) is 5.11 Å². The van der Waals surface area contributed by atoms with Crippen LogP contribution in [0, 0.1) is 0 Å². The molecule has 1 unspecified atom stereocenters. The van der Waals surface area contributed by atoms with E-state index in [-0.39, 0.29) is 6.42 Å². The second-order valence-corrected chi connectivity index (χ2v) is 5.52. The van der Waals surface area contributed by atoms with Crippen LogP contribution in [0.5, 0.6) is 0 Å². The number of thiazole rings is 1. The zero-order valence-corrected chi connectivity index (χ0v) is 10.9. The predicted octanol–water partition coefficient (Wildman–Crippen LogP) is 2.32. The minimum Gasteiger partial charge on any atom is -0.481 e. The van der Waals surface area contributed by atoms with E-state index < -0.39 is 5.97 Å². The van der Waals surface area contributed by atoms with Crippen LogP contribution < -0.4 is 0 Å². The van der Waals surface area contributed by atoms with Gasteiger partial charge in [0.1, 0.15) is 5.01 Å². The summed E-state index contributed by atoms with van der Waals surface area (Å²) in [5, 5.41) is 9.84. The molecule has 4 nitrogen and oxygen atoms in total. The zero-order valence-electron chi connectivity index (χ0n) is 10.1. The monoisotopic (exact) mass is 254 g/mol. The summed E-state index contributed by atoms with van der Waals surface area (Å²) in [5.74, 6) is -0.781. The Labute approximate surface area is 105 Å². The Morgan fingerprint density at radius 2 is 2.47 bits per heavy atom. The number of likely N-dealkylation sites (tertiary alicyclic amines) is 1. The van der Waals surface area contributed by atoms with Gasteiger partial charge in [-0.3, -0.25) is 9.69 Å². The van der Waals surface area contributed by atoms with Gasteiger partial charge in [-0.15, -0.1) is 11.3 Å². The van der Waals surface area contributed by atoms with Crippen LogP contribution in [-0.4, -0.2) is 34.0 Å². The maximum atomic E-state index is 10.6. The maximum absolute atomic E-state index is 10.6. The minimum atomic E-state index is -0.781. The summed E-state index contributed by atoms with van der Waals surface area (Å²) in [7, 11) is 0. The third-order valence-corrected chi connectivity index (χ3v) is 4.30. The van der Waals surface area contributed by atoms with Gasteiger partial charge in [0, 0.05) is 11.1 Å². The lowest BCUT2D eigenvalue weighted by Gasteiger charge is -2.33. The van der Waals surface area contributed by atoms with E-state index in [1.807, 2.05) is 0 Å². The first-order valence-electron chi connectivity index (χ1n) is 6.11. The van der Waals surface area contributed by atoms with Crippen molar-refractivity contribution in [2.24, 2.45) is 0 Å². The molecular formula is C12H18N2O2S. The lowest BCUT2D eigenvalue weighted by Crippen LogP contribution is -2.32. The number of rotatable bonds is 4. The molecule has 17 heavy (non-hydrogen) atoms. The lowest BCUT2D eigenvalue weighted by atomic mass is 10.0. The van der Waals surface area contributed by atoms with E-state index in [2.05, 4.69) is 16.8 Å². The second-order valence-electron chi connectivity index (χ2n) is 4.38. The molecule has 2 rings (SSSR count). The molecule has 1 N–H and O–H groups in total. The highest BCUT2D eigenvalue weighted by atomic mass is 32.1. The normalized spacial score (nSPS) is 21.6. The Bertz CT molecular complexity index is 392. The van der Waals surface area contributed by atoms with Crippen LogP contribution >= 0.6 is 11.3 Å². The van der Waals surface area contributed by atoms with Gasteiger partial charge in [0.15, 0.2) is 0 Å². The number of carboxylic acid groups (broad SMARTS) is 1. The van der Waals surface area contributed by atoms with Crippen molar-refractivity contribution in [2.75, 3.05) is 13.1 Å². The molecule has 0 spiro atoms. The number of piperidine rings is 1. The molecule has 1 aromatic heterocycles. The van der Waals surface area contributed by atoms with Crippen molar-refractivity contribution in [3.05, 3.63) is 16.1 Å². The van der Waals surface area contributed by atoms with E-state index in [9.17, 15) is 4.79 Å². The number of carbonyl (C=O) groups is 1. The van der Waals surface area contributed by atoms with Crippen molar-refractivity contribution in [1.29, 1.82) is 0 Å². The molecule has 1 saturated heterocycles. The molecule has 1 fully saturated rings. The van der Waals surface area contributed by atoms with Gasteiger partial charge < -0.3 is 5.11 Å². The predicted molar refractivity (Wildman–Crippen MR) is 67.3 cm³/mol. The number of carboxylic acids is 1. The van der Waals surface area contributed by atoms with Crippen molar-refractivity contribution < 1.29 is 9.90 Å². The highest BCUT2D eigenvalue weighted by Gasteiger charge is 2.25. The topological polar surface area (TPSA) is 53.4 Å². The Morgan fingerprint density at radius 3 is 3.18 bits per heavy atom. The third kappa shape index (κ3) is 3.04. The van der Waals surface area contributed by atoms with Crippen molar-refractivity contribution in [3.8, 4) is 0 Å². The molecule has 2 heterocycles. The SMILES string of the molecule is CCN1CCCCC1c1ncc(CC(=O)O)s1. The van der Waals surface area contributed by atoms with E-state index in [1.54, 1.807) is 17.5 Å². The van der Waals surface area contributed by atoms with Crippen LogP contribution in [0.15, 0.2) is 6.20 Å². The fourth-order valence-corrected chi connectivity index (χ4v) is 3.43. The molecular weight excluding hydrogens is 236 g/mol. The molecule has 0 saturated carbocycles. The number of hydrogen-bond acceptors (Lipinski definition) is 4. The number of aromatic nitrogens is 1. The smallest absolute Gasteiger partial charge is 0.308 e. The standard InChI is InChI=1S/C12H18N2O2S/c1-2-14-6-4-3-5-10(14)12-13-8-9(17-12)7-11(15)16/h8,10H,2-7H2,1H3,(H,15,16). The van der Waals surface area contributed by atoms with E-state index in [0.717, 1.165) is 29.4 Å². The van der Waals surface area contributed by atoms with Crippen molar-refractivity contribution in [1.82, 2.24) is 9.88 Å². The van der Waals surface area contributed by atoms with Crippen LogP contribution in [-0.2, 0) is 11.2 Å². The fraction of sp³-hybridized carbons (Fsp3) is 0.667. The first-order chi connectivity index (χ1) is 8.20. The Kier molecular flexibility index (Phi) is 4.12. The van der Waals surface area contributed by atoms with Gasteiger partial charge in [0.25, 0.3) is 0 Å². The molecule has 0 bridgehead atoms. The molecule has 1 aromatic rings. The van der Waals surface area contributed by atoms with E-state index >= 15 is 0 Å². The van der Waals surface area contributed by atoms with Gasteiger partial charge in [0.05, 0.1) is 12.5 Å². The summed E-state index contributed by atoms with van der Waals surface area (Å²) in [6.45, 7) is 4.34. The van der Waals surface area contributed by atoms with E-state index in [1.165, 1.54) is 12.8 Å². The Hall–Kier alpha value is -0.940. The summed E-state index contributed by atoms with van der Waals surface area (Å²) in [6.07, 6.45) is 5.47. The summed E-state index contributed by atoms with van der Waals surface area (Å²) >= 11 is 1.55. The summed E-state index contributed by atoms with van der Waals surface area (Å²) < 4.78 is 0. The van der Waals surface area contributed by atoms with E-state index in [0.29, 0.717) is 6.04 Å². The molecule has 1 aliphatic rings. The van der Waals surface area contributed by atoms with Crippen LogP contribution in [0.1, 0.15) is 42.1 Å². The highest BCUT2D eigenvalue weighted by molar-refractivity contribution is 7.11. The van der Waals surface area contributed by atoms with Crippen LogP contribution in [0.3, 0.4) is 0 Å². The molecule has 94 valence electrons. The molecule has 1 atom stereocenters. The quantitative estimate of drug-likeness (QED) is 0.896. The van der Waals surface area contributed by atoms with Gasteiger partial charge >= 0.3 is 5.97 Å². The molecule has 5 heteroatoms. The molecule has 0 aromatic carbocycles. The third-order valence-electron chi connectivity index (χ3n) is 3.20. The summed E-state index contributed by atoms with van der Waals surface area (Å²) in [6, 6.07) is 0.404. The van der Waals surface area contributed by atoms with Crippen molar-refractivity contribution in [3.63, 3.8) is 0 Å². The number of hydrogen-bond donors (Lipinski definition) is 1. The van der Waals surface area contributed by atoms with Crippen molar-refractivity contribution >= 4 is 17.3 Å². The Balaban J connectivity index is 2.09.